The number of fused-ring (bicyclic) bond motifs is 2. The van der Waals surface area contributed by atoms with Gasteiger partial charge in [-0.3, -0.25) is 4.79 Å². The first-order chi connectivity index (χ1) is 11.1. The van der Waals surface area contributed by atoms with Crippen molar-refractivity contribution in [2.45, 2.75) is 44.2 Å². The summed E-state index contributed by atoms with van der Waals surface area (Å²) in [6, 6.07) is 4.83. The molecular formula is C17H18N2O3S. The number of carbonyl (C=O) groups excluding carboxylic acids is 1. The summed E-state index contributed by atoms with van der Waals surface area (Å²) in [5, 5.41) is 9.56. The van der Waals surface area contributed by atoms with Crippen LogP contribution >= 0.6 is 11.3 Å². The van der Waals surface area contributed by atoms with E-state index in [2.05, 4.69) is 4.98 Å². The fourth-order valence-electron chi connectivity index (χ4n) is 4.11. The summed E-state index contributed by atoms with van der Waals surface area (Å²) in [4.78, 5) is 30.6. The van der Waals surface area contributed by atoms with E-state index in [0.29, 0.717) is 17.9 Å². The number of hydrogen-bond donors (Lipinski definition) is 1. The number of hydrogen-bond acceptors (Lipinski definition) is 4. The van der Waals surface area contributed by atoms with Gasteiger partial charge in [0.15, 0.2) is 0 Å². The highest BCUT2D eigenvalue weighted by atomic mass is 32.1. The molecule has 1 saturated heterocycles. The molecule has 1 aromatic carbocycles. The van der Waals surface area contributed by atoms with Crippen molar-refractivity contribution in [1.29, 1.82) is 0 Å². The molecule has 2 heterocycles. The maximum Gasteiger partial charge on any atom is 0.326 e. The normalized spacial score (nSPS) is 27.1. The molecule has 5 nitrogen and oxygen atoms in total. The maximum absolute atomic E-state index is 13.0. The number of amides is 1. The molecule has 6 heteroatoms. The number of aliphatic carboxylic acids is 1. The van der Waals surface area contributed by atoms with E-state index >= 15 is 0 Å². The van der Waals surface area contributed by atoms with Gasteiger partial charge in [0.25, 0.3) is 5.91 Å². The number of nitrogens with zero attached hydrogens (tertiary/aromatic N) is 2. The minimum atomic E-state index is -0.883. The molecule has 1 amide bonds. The monoisotopic (exact) mass is 330 g/mol. The molecular weight excluding hydrogens is 312 g/mol. The molecule has 1 saturated carbocycles. The third kappa shape index (κ3) is 2.41. The standard InChI is InChI=1S/C17H18N2O3S/c20-16(11-5-6-12-15(8-11)23-9-18-12)19-13-4-2-1-3-10(13)7-14(19)17(21)22/h5-6,8-10,13-14H,1-4,7H2,(H,21,22). The number of benzene rings is 1. The number of carboxylic acid groups (broad SMARTS) is 1. The molecule has 1 aliphatic carbocycles. The molecule has 0 spiro atoms. The Morgan fingerprint density at radius 3 is 2.91 bits per heavy atom. The Morgan fingerprint density at radius 2 is 2.09 bits per heavy atom. The molecule has 1 N–H and O–H groups in total. The highest BCUT2D eigenvalue weighted by Crippen LogP contribution is 2.40. The molecule has 120 valence electrons. The van der Waals surface area contributed by atoms with Crippen LogP contribution in [-0.4, -0.2) is 39.0 Å². The lowest BCUT2D eigenvalue weighted by atomic mass is 9.84. The second-order valence-corrected chi connectivity index (χ2v) is 7.34. The zero-order valence-corrected chi connectivity index (χ0v) is 13.5. The number of rotatable bonds is 2. The van der Waals surface area contributed by atoms with E-state index in [1.807, 2.05) is 12.1 Å². The molecule has 1 aliphatic heterocycles. The number of aromatic nitrogens is 1. The first-order valence-corrected chi connectivity index (χ1v) is 8.92. The van der Waals surface area contributed by atoms with Gasteiger partial charge in [0.2, 0.25) is 0 Å². The molecule has 2 aliphatic rings. The summed E-state index contributed by atoms with van der Waals surface area (Å²) in [6.07, 6.45) is 4.76. The van der Waals surface area contributed by atoms with Crippen LogP contribution in [0.2, 0.25) is 0 Å². The summed E-state index contributed by atoms with van der Waals surface area (Å²) >= 11 is 1.49. The van der Waals surface area contributed by atoms with Crippen LogP contribution in [-0.2, 0) is 4.79 Å². The Bertz CT molecular complexity index is 772. The number of likely N-dealkylation sites (tertiary alicyclic amines) is 1. The van der Waals surface area contributed by atoms with Gasteiger partial charge in [-0.2, -0.15) is 0 Å². The van der Waals surface area contributed by atoms with Gasteiger partial charge in [0, 0.05) is 11.6 Å². The molecule has 0 bridgehead atoms. The maximum atomic E-state index is 13.0. The average molecular weight is 330 g/mol. The molecule has 4 rings (SSSR count). The van der Waals surface area contributed by atoms with Crippen LogP contribution in [0.3, 0.4) is 0 Å². The van der Waals surface area contributed by atoms with E-state index in [1.165, 1.54) is 11.3 Å². The Morgan fingerprint density at radius 1 is 1.26 bits per heavy atom. The van der Waals surface area contributed by atoms with Gasteiger partial charge in [0.1, 0.15) is 6.04 Å². The first kappa shape index (κ1) is 14.6. The molecule has 3 atom stereocenters. The zero-order valence-electron chi connectivity index (χ0n) is 12.6. The predicted octanol–water partition coefficient (Wildman–Crippen LogP) is 3.15. The molecule has 3 unspecified atom stereocenters. The quantitative estimate of drug-likeness (QED) is 0.918. The molecule has 0 radical (unpaired) electrons. The summed E-state index contributed by atoms with van der Waals surface area (Å²) in [5.41, 5.74) is 3.20. The van der Waals surface area contributed by atoms with Crippen LogP contribution in [0.5, 0.6) is 0 Å². The largest absolute Gasteiger partial charge is 0.480 e. The van der Waals surface area contributed by atoms with Crippen LogP contribution < -0.4 is 0 Å². The van der Waals surface area contributed by atoms with Crippen LogP contribution in [0.15, 0.2) is 23.7 Å². The lowest BCUT2D eigenvalue weighted by molar-refractivity contribution is -0.141. The highest BCUT2D eigenvalue weighted by molar-refractivity contribution is 7.16. The topological polar surface area (TPSA) is 70.5 Å². The molecule has 1 aromatic heterocycles. The van der Waals surface area contributed by atoms with Gasteiger partial charge in [-0.15, -0.1) is 11.3 Å². The van der Waals surface area contributed by atoms with Crippen molar-refractivity contribution in [3.8, 4) is 0 Å². The van der Waals surface area contributed by atoms with E-state index in [1.54, 1.807) is 16.5 Å². The van der Waals surface area contributed by atoms with E-state index in [9.17, 15) is 14.7 Å². The minimum absolute atomic E-state index is 0.0782. The van der Waals surface area contributed by atoms with Crippen LogP contribution in [0.1, 0.15) is 42.5 Å². The fourth-order valence-corrected chi connectivity index (χ4v) is 4.83. The smallest absolute Gasteiger partial charge is 0.326 e. The van der Waals surface area contributed by atoms with E-state index in [-0.39, 0.29) is 11.9 Å². The van der Waals surface area contributed by atoms with Crippen molar-refractivity contribution >= 4 is 33.4 Å². The van der Waals surface area contributed by atoms with Crippen LogP contribution in [0.4, 0.5) is 0 Å². The third-order valence-electron chi connectivity index (χ3n) is 5.19. The minimum Gasteiger partial charge on any atom is -0.480 e. The molecule has 2 fully saturated rings. The lowest BCUT2D eigenvalue weighted by Gasteiger charge is -2.33. The SMILES string of the molecule is O=C(O)C1CC2CCCCC2N1C(=O)c1ccc2ncsc2c1. The summed E-state index contributed by atoms with van der Waals surface area (Å²) in [7, 11) is 0. The van der Waals surface area contributed by atoms with Gasteiger partial charge in [-0.1, -0.05) is 12.8 Å². The summed E-state index contributed by atoms with van der Waals surface area (Å²) < 4.78 is 0.960. The number of carbonyl (C=O) groups is 2. The third-order valence-corrected chi connectivity index (χ3v) is 5.98. The van der Waals surface area contributed by atoms with Crippen molar-refractivity contribution in [2.75, 3.05) is 0 Å². The number of thiazole rings is 1. The van der Waals surface area contributed by atoms with Crippen molar-refractivity contribution < 1.29 is 14.7 Å². The van der Waals surface area contributed by atoms with Crippen molar-refractivity contribution in [1.82, 2.24) is 9.88 Å². The van der Waals surface area contributed by atoms with Gasteiger partial charge in [-0.05, 0) is 43.4 Å². The van der Waals surface area contributed by atoms with Crippen molar-refractivity contribution in [2.24, 2.45) is 5.92 Å². The second-order valence-electron chi connectivity index (χ2n) is 6.45. The highest BCUT2D eigenvalue weighted by Gasteiger charge is 2.47. The van der Waals surface area contributed by atoms with Crippen molar-refractivity contribution in [3.63, 3.8) is 0 Å². The van der Waals surface area contributed by atoms with Gasteiger partial charge in [-0.25, -0.2) is 9.78 Å². The predicted molar refractivity (Wildman–Crippen MR) is 87.6 cm³/mol. The Kier molecular flexibility index (Phi) is 3.56. The molecule has 23 heavy (non-hydrogen) atoms. The molecule has 2 aromatic rings. The van der Waals surface area contributed by atoms with Crippen molar-refractivity contribution in [3.05, 3.63) is 29.3 Å². The number of carboxylic acids is 1. The van der Waals surface area contributed by atoms with Gasteiger partial charge >= 0.3 is 5.97 Å². The average Bonchev–Trinajstić information content (AvgIpc) is 3.17. The Balaban J connectivity index is 1.70. The van der Waals surface area contributed by atoms with E-state index < -0.39 is 12.0 Å². The van der Waals surface area contributed by atoms with Gasteiger partial charge < -0.3 is 10.0 Å². The summed E-state index contributed by atoms with van der Waals surface area (Å²) in [6.45, 7) is 0. The van der Waals surface area contributed by atoms with E-state index in [4.69, 9.17) is 0 Å². The Hall–Kier alpha value is -1.95. The first-order valence-electron chi connectivity index (χ1n) is 8.04. The zero-order chi connectivity index (χ0) is 16.0. The second kappa shape index (κ2) is 5.60. The fraction of sp³-hybridized carbons (Fsp3) is 0.471. The van der Waals surface area contributed by atoms with Gasteiger partial charge in [0.05, 0.1) is 15.7 Å². The van der Waals surface area contributed by atoms with E-state index in [0.717, 1.165) is 35.9 Å². The summed E-state index contributed by atoms with van der Waals surface area (Å²) in [5.74, 6) is -0.699. The van der Waals surface area contributed by atoms with Crippen LogP contribution in [0, 0.1) is 5.92 Å². The lowest BCUT2D eigenvalue weighted by Crippen LogP contribution is -2.46. The Labute approximate surface area is 137 Å². The van der Waals surface area contributed by atoms with Crippen LogP contribution in [0.25, 0.3) is 10.2 Å².